The maximum Gasteiger partial charge on any atom is 0.419 e. The lowest BCUT2D eigenvalue weighted by Crippen LogP contribution is -2.52. The Morgan fingerprint density at radius 2 is 1.74 bits per heavy atom. The first-order valence-corrected chi connectivity index (χ1v) is 7.49. The molecule has 126 valence electrons. The monoisotopic (exact) mass is 329 g/mol. The standard InChI is InChI=1S/C14H18F3N5O/c15-14(16,17)10-7-19-12(20-8-10)22-5-3-21(4-6-22)11(23)13(9-18)1-2-13/h7-8H,1-6,9,18H2. The van der Waals surface area contributed by atoms with Gasteiger partial charge in [0.05, 0.1) is 11.0 Å². The normalized spacial score (nSPS) is 20.5. The molecule has 0 bridgehead atoms. The number of nitrogens with zero attached hydrogens (tertiary/aromatic N) is 4. The number of nitrogens with two attached hydrogens (primary N) is 1. The van der Waals surface area contributed by atoms with Gasteiger partial charge in [0.25, 0.3) is 0 Å². The van der Waals surface area contributed by atoms with Crippen LogP contribution in [0.2, 0.25) is 0 Å². The quantitative estimate of drug-likeness (QED) is 0.891. The molecule has 6 nitrogen and oxygen atoms in total. The average Bonchev–Trinajstić information content (AvgIpc) is 3.35. The average molecular weight is 329 g/mol. The van der Waals surface area contributed by atoms with Gasteiger partial charge in [0.15, 0.2) is 0 Å². The van der Waals surface area contributed by atoms with E-state index in [2.05, 4.69) is 9.97 Å². The highest BCUT2D eigenvalue weighted by atomic mass is 19.4. The number of piperazine rings is 1. The molecular formula is C14H18F3N5O. The van der Waals surface area contributed by atoms with E-state index < -0.39 is 11.7 Å². The predicted octanol–water partition coefficient (Wildman–Crippen LogP) is 0.883. The van der Waals surface area contributed by atoms with Crippen molar-refractivity contribution < 1.29 is 18.0 Å². The molecule has 1 saturated heterocycles. The van der Waals surface area contributed by atoms with Crippen molar-refractivity contribution in [3.05, 3.63) is 18.0 Å². The molecule has 0 spiro atoms. The second kappa shape index (κ2) is 5.63. The summed E-state index contributed by atoms with van der Waals surface area (Å²) >= 11 is 0. The molecule has 2 aliphatic rings. The Morgan fingerprint density at radius 3 is 2.17 bits per heavy atom. The summed E-state index contributed by atoms with van der Waals surface area (Å²) in [5, 5.41) is 0. The van der Waals surface area contributed by atoms with E-state index in [-0.39, 0.29) is 17.3 Å². The summed E-state index contributed by atoms with van der Waals surface area (Å²) in [4.78, 5) is 23.5. The molecule has 3 rings (SSSR count). The smallest absolute Gasteiger partial charge is 0.339 e. The summed E-state index contributed by atoms with van der Waals surface area (Å²) in [6.45, 7) is 2.37. The lowest BCUT2D eigenvalue weighted by atomic mass is 10.1. The number of carbonyl (C=O) groups excluding carboxylic acids is 1. The number of hydrogen-bond donors (Lipinski definition) is 1. The molecule has 0 atom stereocenters. The lowest BCUT2D eigenvalue weighted by molar-refractivity contribution is -0.138. The third-order valence-corrected chi connectivity index (χ3v) is 4.51. The van der Waals surface area contributed by atoms with Gasteiger partial charge in [-0.05, 0) is 12.8 Å². The van der Waals surface area contributed by atoms with Crippen molar-refractivity contribution in [1.82, 2.24) is 14.9 Å². The Bertz CT molecular complexity index is 577. The van der Waals surface area contributed by atoms with Crippen molar-refractivity contribution in [2.75, 3.05) is 37.6 Å². The van der Waals surface area contributed by atoms with Crippen molar-refractivity contribution in [2.24, 2.45) is 11.1 Å². The molecule has 1 aromatic heterocycles. The molecule has 0 unspecified atom stereocenters. The van der Waals surface area contributed by atoms with Gasteiger partial charge in [0, 0.05) is 45.1 Å². The Labute approximate surface area is 131 Å². The van der Waals surface area contributed by atoms with E-state index in [0.29, 0.717) is 32.7 Å². The third-order valence-electron chi connectivity index (χ3n) is 4.51. The van der Waals surface area contributed by atoms with E-state index in [1.807, 2.05) is 0 Å². The zero-order valence-corrected chi connectivity index (χ0v) is 12.5. The Balaban J connectivity index is 1.60. The zero-order valence-electron chi connectivity index (χ0n) is 12.5. The highest BCUT2D eigenvalue weighted by Gasteiger charge is 2.50. The highest BCUT2D eigenvalue weighted by Crippen LogP contribution is 2.46. The summed E-state index contributed by atoms with van der Waals surface area (Å²) in [5.74, 6) is 0.345. The number of halogens is 3. The van der Waals surface area contributed by atoms with Crippen molar-refractivity contribution in [2.45, 2.75) is 19.0 Å². The predicted molar refractivity (Wildman–Crippen MR) is 76.5 cm³/mol. The number of amides is 1. The minimum absolute atomic E-state index is 0.0907. The number of rotatable bonds is 3. The molecule has 0 radical (unpaired) electrons. The van der Waals surface area contributed by atoms with E-state index in [4.69, 9.17) is 5.73 Å². The van der Waals surface area contributed by atoms with Crippen molar-refractivity contribution in [3.8, 4) is 0 Å². The van der Waals surface area contributed by atoms with E-state index in [0.717, 1.165) is 25.2 Å². The molecule has 0 aromatic carbocycles. The van der Waals surface area contributed by atoms with Crippen molar-refractivity contribution in [3.63, 3.8) is 0 Å². The van der Waals surface area contributed by atoms with Crippen molar-refractivity contribution >= 4 is 11.9 Å². The molecule has 2 heterocycles. The zero-order chi connectivity index (χ0) is 16.7. The Hall–Kier alpha value is -1.90. The van der Waals surface area contributed by atoms with Gasteiger partial charge in [-0.2, -0.15) is 13.2 Å². The molecular weight excluding hydrogens is 311 g/mol. The first kappa shape index (κ1) is 16.0. The molecule has 1 aliphatic heterocycles. The van der Waals surface area contributed by atoms with Gasteiger partial charge >= 0.3 is 6.18 Å². The van der Waals surface area contributed by atoms with Gasteiger partial charge in [-0.25, -0.2) is 9.97 Å². The van der Waals surface area contributed by atoms with Crippen LogP contribution in [-0.4, -0.2) is 53.5 Å². The number of aromatic nitrogens is 2. The second-order valence-corrected chi connectivity index (χ2v) is 6.03. The molecule has 1 saturated carbocycles. The second-order valence-electron chi connectivity index (χ2n) is 6.03. The van der Waals surface area contributed by atoms with Gasteiger partial charge in [0.2, 0.25) is 11.9 Å². The fraction of sp³-hybridized carbons (Fsp3) is 0.643. The van der Waals surface area contributed by atoms with Crippen LogP contribution in [0.15, 0.2) is 12.4 Å². The number of alkyl halides is 3. The maximum absolute atomic E-state index is 12.5. The van der Waals surface area contributed by atoms with Crippen LogP contribution in [-0.2, 0) is 11.0 Å². The largest absolute Gasteiger partial charge is 0.419 e. The van der Waals surface area contributed by atoms with Crippen LogP contribution < -0.4 is 10.6 Å². The number of carbonyl (C=O) groups is 1. The fourth-order valence-electron chi connectivity index (χ4n) is 2.73. The summed E-state index contributed by atoms with van der Waals surface area (Å²) in [5.41, 5.74) is 4.44. The molecule has 1 aliphatic carbocycles. The lowest BCUT2D eigenvalue weighted by Gasteiger charge is -2.36. The van der Waals surface area contributed by atoms with Crippen LogP contribution in [0, 0.1) is 5.41 Å². The first-order chi connectivity index (χ1) is 10.9. The summed E-state index contributed by atoms with van der Waals surface area (Å²) in [6, 6.07) is 0. The Kier molecular flexibility index (Phi) is 3.91. The van der Waals surface area contributed by atoms with E-state index in [1.165, 1.54) is 0 Å². The van der Waals surface area contributed by atoms with E-state index >= 15 is 0 Å². The van der Waals surface area contributed by atoms with Crippen molar-refractivity contribution in [1.29, 1.82) is 0 Å². The third kappa shape index (κ3) is 3.10. The number of anilines is 1. The molecule has 2 N–H and O–H groups in total. The van der Waals surface area contributed by atoms with Crippen LogP contribution in [0.1, 0.15) is 18.4 Å². The molecule has 9 heteroatoms. The van der Waals surface area contributed by atoms with Crippen LogP contribution in [0.25, 0.3) is 0 Å². The first-order valence-electron chi connectivity index (χ1n) is 7.49. The molecule has 2 fully saturated rings. The van der Waals surface area contributed by atoms with Crippen LogP contribution in [0.4, 0.5) is 19.1 Å². The van der Waals surface area contributed by atoms with Gasteiger partial charge in [0.1, 0.15) is 0 Å². The highest BCUT2D eigenvalue weighted by molar-refractivity contribution is 5.85. The van der Waals surface area contributed by atoms with Gasteiger partial charge in [-0.3, -0.25) is 4.79 Å². The maximum atomic E-state index is 12.5. The van der Waals surface area contributed by atoms with Gasteiger partial charge in [-0.1, -0.05) is 0 Å². The summed E-state index contributed by atoms with van der Waals surface area (Å²) in [7, 11) is 0. The minimum Gasteiger partial charge on any atom is -0.339 e. The minimum atomic E-state index is -4.44. The molecule has 1 aromatic rings. The van der Waals surface area contributed by atoms with Crippen LogP contribution in [0.5, 0.6) is 0 Å². The summed E-state index contributed by atoms with van der Waals surface area (Å²) < 4.78 is 37.5. The summed E-state index contributed by atoms with van der Waals surface area (Å²) in [6.07, 6.45) is -1.19. The van der Waals surface area contributed by atoms with Crippen LogP contribution in [0.3, 0.4) is 0 Å². The Morgan fingerprint density at radius 1 is 1.17 bits per heavy atom. The molecule has 1 amide bonds. The van der Waals surface area contributed by atoms with Gasteiger partial charge < -0.3 is 15.5 Å². The van der Waals surface area contributed by atoms with E-state index in [9.17, 15) is 18.0 Å². The molecule has 23 heavy (non-hydrogen) atoms. The van der Waals surface area contributed by atoms with Crippen LogP contribution >= 0.6 is 0 Å². The SMILES string of the molecule is NCC1(C(=O)N2CCN(c3ncc(C(F)(F)F)cn3)CC2)CC1. The van der Waals surface area contributed by atoms with Gasteiger partial charge in [-0.15, -0.1) is 0 Å². The number of hydrogen-bond acceptors (Lipinski definition) is 5. The van der Waals surface area contributed by atoms with E-state index in [1.54, 1.807) is 9.80 Å². The fourth-order valence-corrected chi connectivity index (χ4v) is 2.73. The topological polar surface area (TPSA) is 75.4 Å².